The van der Waals surface area contributed by atoms with E-state index >= 15 is 0 Å². The molecule has 4 atom stereocenters. The number of anilines is 1. The topological polar surface area (TPSA) is 70.1 Å². The molecular weight excluding hydrogens is 374 g/mol. The Hall–Kier alpha value is -3.34. The highest BCUT2D eigenvalue weighted by atomic mass is 16.5. The summed E-state index contributed by atoms with van der Waals surface area (Å²) < 4.78 is 6.79. The summed E-state index contributed by atoms with van der Waals surface area (Å²) in [5.74, 6) is 2.40. The van der Waals surface area contributed by atoms with Gasteiger partial charge in [-0.25, -0.2) is 4.98 Å². The van der Waals surface area contributed by atoms with Crippen LogP contribution in [0.25, 0.3) is 11.1 Å². The Balaban J connectivity index is 1.57. The van der Waals surface area contributed by atoms with Crippen LogP contribution < -0.4 is 16.0 Å². The number of hydrogen-bond acceptors (Lipinski definition) is 4. The van der Waals surface area contributed by atoms with Crippen LogP contribution in [0.2, 0.25) is 0 Å². The van der Waals surface area contributed by atoms with Crippen LogP contribution in [0.15, 0.2) is 71.5 Å². The molecule has 1 fully saturated rings. The Labute approximate surface area is 175 Å². The molecule has 0 saturated heterocycles. The van der Waals surface area contributed by atoms with E-state index in [1.807, 2.05) is 12.1 Å². The van der Waals surface area contributed by atoms with E-state index in [2.05, 4.69) is 53.5 Å². The van der Waals surface area contributed by atoms with Gasteiger partial charge in [0.25, 0.3) is 5.56 Å². The van der Waals surface area contributed by atoms with Crippen molar-refractivity contribution in [1.29, 1.82) is 0 Å². The molecule has 0 spiro atoms. The summed E-state index contributed by atoms with van der Waals surface area (Å²) in [5.41, 5.74) is 10.3. The number of nitrogen functional groups attached to an aromatic ring is 1. The van der Waals surface area contributed by atoms with Crippen LogP contribution >= 0.6 is 0 Å². The highest BCUT2D eigenvalue weighted by Crippen LogP contribution is 2.57. The first kappa shape index (κ1) is 18.7. The van der Waals surface area contributed by atoms with E-state index < -0.39 is 0 Å². The first-order valence-electron chi connectivity index (χ1n) is 10.3. The first-order chi connectivity index (χ1) is 14.5. The molecule has 1 saturated carbocycles. The van der Waals surface area contributed by atoms with Gasteiger partial charge in [0.1, 0.15) is 5.75 Å². The highest BCUT2D eigenvalue weighted by Gasteiger charge is 2.46. The number of rotatable bonds is 4. The van der Waals surface area contributed by atoms with Gasteiger partial charge in [0.2, 0.25) is 5.95 Å². The third-order valence-electron chi connectivity index (χ3n) is 6.66. The number of ether oxygens (including phenoxy) is 1. The normalized spacial score (nSPS) is 24.3. The molecule has 1 heterocycles. The molecule has 5 nitrogen and oxygen atoms in total. The van der Waals surface area contributed by atoms with Crippen molar-refractivity contribution in [1.82, 2.24) is 9.55 Å². The van der Waals surface area contributed by atoms with Gasteiger partial charge in [-0.1, -0.05) is 48.6 Å². The Bertz CT molecular complexity index is 1200. The second kappa shape index (κ2) is 7.17. The minimum Gasteiger partial charge on any atom is -0.497 e. The molecule has 4 unspecified atom stereocenters. The lowest BCUT2D eigenvalue weighted by Crippen LogP contribution is -2.25. The Morgan fingerprint density at radius 1 is 1.00 bits per heavy atom. The average Bonchev–Trinajstić information content (AvgIpc) is 3.39. The Morgan fingerprint density at radius 3 is 2.43 bits per heavy atom. The van der Waals surface area contributed by atoms with Crippen LogP contribution in [-0.4, -0.2) is 16.7 Å². The van der Waals surface area contributed by atoms with Crippen LogP contribution in [0.4, 0.5) is 5.95 Å². The summed E-state index contributed by atoms with van der Waals surface area (Å²) in [6, 6.07) is 18.5. The number of fused-ring (bicyclic) bond motifs is 2. The van der Waals surface area contributed by atoms with Crippen LogP contribution in [0, 0.1) is 11.8 Å². The van der Waals surface area contributed by atoms with Crippen LogP contribution in [0.1, 0.15) is 29.5 Å². The van der Waals surface area contributed by atoms with Gasteiger partial charge in [-0.05, 0) is 53.0 Å². The van der Waals surface area contributed by atoms with Gasteiger partial charge in [-0.15, -0.1) is 0 Å². The zero-order valence-corrected chi connectivity index (χ0v) is 17.2. The van der Waals surface area contributed by atoms with Crippen molar-refractivity contribution in [2.45, 2.75) is 18.3 Å². The SMILES string of the molecule is COc1cccc(-c2cccc(C3C4C=CC(C4)C3c3cc(=O)n(C)c(N)n3)c2)c1. The molecule has 0 amide bonds. The van der Waals surface area contributed by atoms with E-state index in [1.54, 1.807) is 20.2 Å². The quantitative estimate of drug-likeness (QED) is 0.670. The molecule has 30 heavy (non-hydrogen) atoms. The monoisotopic (exact) mass is 399 g/mol. The number of nitrogens with zero attached hydrogens (tertiary/aromatic N) is 2. The maximum absolute atomic E-state index is 12.4. The fourth-order valence-electron chi connectivity index (χ4n) is 5.15. The molecule has 152 valence electrons. The molecule has 2 bridgehead atoms. The third-order valence-corrected chi connectivity index (χ3v) is 6.66. The number of nitrogens with two attached hydrogens (primary N) is 1. The number of allylic oxidation sites excluding steroid dienone is 2. The van der Waals surface area contributed by atoms with Crippen molar-refractivity contribution in [3.63, 3.8) is 0 Å². The summed E-state index contributed by atoms with van der Waals surface area (Å²) in [6.07, 6.45) is 5.71. The lowest BCUT2D eigenvalue weighted by molar-refractivity contribution is 0.415. The van der Waals surface area contributed by atoms with Crippen LogP contribution in [0.5, 0.6) is 5.75 Å². The molecule has 2 N–H and O–H groups in total. The van der Waals surface area contributed by atoms with E-state index in [-0.39, 0.29) is 23.3 Å². The molecule has 2 aliphatic carbocycles. The van der Waals surface area contributed by atoms with Crippen molar-refractivity contribution < 1.29 is 4.74 Å². The summed E-state index contributed by atoms with van der Waals surface area (Å²) in [4.78, 5) is 17.0. The van der Waals surface area contributed by atoms with E-state index in [1.165, 1.54) is 10.1 Å². The van der Waals surface area contributed by atoms with E-state index in [0.717, 1.165) is 29.0 Å². The molecule has 0 aliphatic heterocycles. The van der Waals surface area contributed by atoms with Crippen LogP contribution in [0.3, 0.4) is 0 Å². The molecule has 2 aliphatic rings. The number of hydrogen-bond donors (Lipinski definition) is 1. The maximum atomic E-state index is 12.4. The summed E-state index contributed by atoms with van der Waals surface area (Å²) in [6.45, 7) is 0. The number of methoxy groups -OCH3 is 1. The smallest absolute Gasteiger partial charge is 0.254 e. The minimum atomic E-state index is -0.104. The van der Waals surface area contributed by atoms with Crippen molar-refractivity contribution in [3.8, 4) is 16.9 Å². The summed E-state index contributed by atoms with van der Waals surface area (Å²) in [7, 11) is 3.34. The number of aromatic nitrogens is 2. The summed E-state index contributed by atoms with van der Waals surface area (Å²) in [5, 5.41) is 0. The second-order valence-electron chi connectivity index (χ2n) is 8.29. The Morgan fingerprint density at radius 2 is 1.70 bits per heavy atom. The van der Waals surface area contributed by atoms with Gasteiger partial charge in [0.15, 0.2) is 0 Å². The molecule has 5 rings (SSSR count). The van der Waals surface area contributed by atoms with Gasteiger partial charge in [-0.2, -0.15) is 0 Å². The Kier molecular flexibility index (Phi) is 4.46. The van der Waals surface area contributed by atoms with Crippen molar-refractivity contribution >= 4 is 5.95 Å². The number of benzene rings is 2. The predicted molar refractivity (Wildman–Crippen MR) is 119 cm³/mol. The van der Waals surface area contributed by atoms with Gasteiger partial charge in [0.05, 0.1) is 12.8 Å². The second-order valence-corrected chi connectivity index (χ2v) is 8.29. The molecule has 0 radical (unpaired) electrons. The van der Waals surface area contributed by atoms with Crippen LogP contribution in [-0.2, 0) is 7.05 Å². The van der Waals surface area contributed by atoms with E-state index in [4.69, 9.17) is 10.5 Å². The third kappa shape index (κ3) is 3.02. The molecule has 3 aromatic rings. The van der Waals surface area contributed by atoms with Gasteiger partial charge >= 0.3 is 0 Å². The average molecular weight is 399 g/mol. The van der Waals surface area contributed by atoms with Gasteiger partial charge in [-0.3, -0.25) is 9.36 Å². The molecule has 1 aromatic heterocycles. The molecular formula is C25H25N3O2. The predicted octanol–water partition coefficient (Wildman–Crippen LogP) is 4.11. The van der Waals surface area contributed by atoms with Gasteiger partial charge in [0, 0.05) is 19.0 Å². The van der Waals surface area contributed by atoms with Crippen molar-refractivity contribution in [2.24, 2.45) is 18.9 Å². The maximum Gasteiger partial charge on any atom is 0.254 e. The fraction of sp³-hybridized carbons (Fsp3) is 0.280. The molecule has 2 aromatic carbocycles. The first-order valence-corrected chi connectivity index (χ1v) is 10.3. The largest absolute Gasteiger partial charge is 0.497 e. The zero-order chi connectivity index (χ0) is 20.8. The lowest BCUT2D eigenvalue weighted by Gasteiger charge is -2.28. The van der Waals surface area contributed by atoms with E-state index in [0.29, 0.717) is 11.8 Å². The van der Waals surface area contributed by atoms with E-state index in [9.17, 15) is 4.79 Å². The highest BCUT2D eigenvalue weighted by molar-refractivity contribution is 5.66. The lowest BCUT2D eigenvalue weighted by atomic mass is 9.76. The van der Waals surface area contributed by atoms with Crippen molar-refractivity contribution in [2.75, 3.05) is 12.8 Å². The standard InChI is InChI=1S/C25H25N3O2/c1-28-22(29)14-21(27-25(28)26)24-19-10-9-18(12-19)23(24)17-7-3-5-15(11-17)16-6-4-8-20(13-16)30-2/h3-11,13-14,18-19,23-24H,12H2,1-2H3,(H2,26,27). The van der Waals surface area contributed by atoms with Crippen molar-refractivity contribution in [3.05, 3.63) is 88.4 Å². The van der Waals surface area contributed by atoms with Gasteiger partial charge < -0.3 is 10.5 Å². The zero-order valence-electron chi connectivity index (χ0n) is 17.2. The summed E-state index contributed by atoms with van der Waals surface area (Å²) >= 11 is 0. The fourth-order valence-corrected chi connectivity index (χ4v) is 5.15. The minimum absolute atomic E-state index is 0.104. The molecule has 5 heteroatoms.